The van der Waals surface area contributed by atoms with Gasteiger partial charge < -0.3 is 0 Å². The fourth-order valence-corrected chi connectivity index (χ4v) is 4.22. The molecule has 0 saturated heterocycles. The third kappa shape index (κ3) is 0.907. The Labute approximate surface area is 79.7 Å². The van der Waals surface area contributed by atoms with Crippen LogP contribution in [0.3, 0.4) is 0 Å². The molecule has 0 heterocycles. The highest BCUT2D eigenvalue weighted by molar-refractivity contribution is 7.90. The number of hydrogen-bond acceptors (Lipinski definition) is 2. The van der Waals surface area contributed by atoms with Crippen LogP contribution in [0.4, 0.5) is 0 Å². The Kier molecular flexibility index (Phi) is 1.43. The molecule has 0 aliphatic heterocycles. The first-order valence-electron chi connectivity index (χ1n) is 4.64. The van der Waals surface area contributed by atoms with Gasteiger partial charge in [0.15, 0.2) is 0 Å². The largest absolute Gasteiger partial charge is 0.228 e. The molecular formula is C9H17NO2S. The van der Waals surface area contributed by atoms with Crippen LogP contribution in [0.1, 0.15) is 40.0 Å². The molecule has 0 spiro atoms. The lowest BCUT2D eigenvalue weighted by Gasteiger charge is -2.73. The van der Waals surface area contributed by atoms with E-state index in [0.717, 1.165) is 19.3 Å². The molecule has 0 aromatic heterocycles. The molecule has 3 saturated carbocycles. The number of hydrogen-bond donors (Lipinski definition) is 1. The number of primary sulfonamides is 1. The van der Waals surface area contributed by atoms with E-state index in [1.54, 1.807) is 0 Å². The van der Waals surface area contributed by atoms with Crippen molar-refractivity contribution in [1.29, 1.82) is 0 Å². The highest BCUT2D eigenvalue weighted by atomic mass is 32.2. The molecule has 0 radical (unpaired) electrons. The molecule has 3 aliphatic carbocycles. The summed E-state index contributed by atoms with van der Waals surface area (Å²) in [6.07, 6.45) is 2.34. The molecule has 3 aliphatic rings. The van der Waals surface area contributed by atoms with Crippen molar-refractivity contribution in [2.45, 2.75) is 44.8 Å². The van der Waals surface area contributed by atoms with Gasteiger partial charge in [0.25, 0.3) is 0 Å². The Hall–Kier alpha value is -0.0900. The van der Waals surface area contributed by atoms with Crippen LogP contribution in [-0.2, 0) is 10.0 Å². The summed E-state index contributed by atoms with van der Waals surface area (Å²) in [6, 6.07) is 0. The second kappa shape index (κ2) is 1.96. The van der Waals surface area contributed by atoms with Crippen LogP contribution in [0.25, 0.3) is 0 Å². The van der Waals surface area contributed by atoms with Crippen molar-refractivity contribution in [3.8, 4) is 0 Å². The summed E-state index contributed by atoms with van der Waals surface area (Å²) >= 11 is 0. The van der Waals surface area contributed by atoms with Gasteiger partial charge in [0.2, 0.25) is 10.0 Å². The van der Waals surface area contributed by atoms with Gasteiger partial charge in [-0.2, -0.15) is 0 Å². The molecular weight excluding hydrogens is 186 g/mol. The van der Waals surface area contributed by atoms with Gasteiger partial charge in [-0.3, -0.25) is 0 Å². The standard InChI is InChI=1S/C9H17NO2S/c1-7(2,3)8-4-9(5-8,6-8)13(10,11)12/h4-6H2,1-3H3,(H2,10,11,12). The first-order valence-corrected chi connectivity index (χ1v) is 6.19. The minimum Gasteiger partial charge on any atom is -0.228 e. The highest BCUT2D eigenvalue weighted by Crippen LogP contribution is 2.76. The van der Waals surface area contributed by atoms with E-state index in [9.17, 15) is 8.42 Å². The second-order valence-corrected chi connectivity index (χ2v) is 7.74. The van der Waals surface area contributed by atoms with Gasteiger partial charge >= 0.3 is 0 Å². The normalized spacial score (nSPS) is 43.7. The summed E-state index contributed by atoms with van der Waals surface area (Å²) in [4.78, 5) is 0. The zero-order valence-electron chi connectivity index (χ0n) is 8.42. The van der Waals surface area contributed by atoms with E-state index < -0.39 is 14.8 Å². The summed E-state index contributed by atoms with van der Waals surface area (Å²) in [5.74, 6) is 0. The zero-order chi connectivity index (χ0) is 10.1. The Balaban J connectivity index is 2.18. The lowest BCUT2D eigenvalue weighted by Crippen LogP contribution is -2.75. The van der Waals surface area contributed by atoms with Crippen LogP contribution in [-0.4, -0.2) is 13.2 Å². The van der Waals surface area contributed by atoms with E-state index >= 15 is 0 Å². The first kappa shape index (κ1) is 9.46. The van der Waals surface area contributed by atoms with Crippen molar-refractivity contribution in [1.82, 2.24) is 0 Å². The molecule has 13 heavy (non-hydrogen) atoms. The average Bonchev–Trinajstić information content (AvgIpc) is 1.41. The van der Waals surface area contributed by atoms with E-state index in [1.807, 2.05) is 0 Å². The number of sulfonamides is 1. The van der Waals surface area contributed by atoms with Crippen LogP contribution >= 0.6 is 0 Å². The highest BCUT2D eigenvalue weighted by Gasteiger charge is 2.76. The first-order chi connectivity index (χ1) is 5.62. The van der Waals surface area contributed by atoms with E-state index in [4.69, 9.17) is 5.14 Å². The lowest BCUT2D eigenvalue weighted by atomic mass is 9.36. The summed E-state index contributed by atoms with van der Waals surface area (Å²) in [5, 5.41) is 5.19. The molecule has 3 rings (SSSR count). The van der Waals surface area contributed by atoms with Crippen molar-refractivity contribution in [2.24, 2.45) is 16.0 Å². The Morgan fingerprint density at radius 3 is 1.77 bits per heavy atom. The summed E-state index contributed by atoms with van der Waals surface area (Å²) in [7, 11) is -3.30. The molecule has 0 aromatic rings. The molecule has 0 atom stereocenters. The maximum absolute atomic E-state index is 11.2. The maximum Gasteiger partial charge on any atom is 0.214 e. The average molecular weight is 203 g/mol. The van der Waals surface area contributed by atoms with Gasteiger partial charge in [-0.1, -0.05) is 20.8 Å². The molecule has 2 bridgehead atoms. The van der Waals surface area contributed by atoms with Gasteiger partial charge in [-0.05, 0) is 30.1 Å². The molecule has 2 N–H and O–H groups in total. The summed E-state index contributed by atoms with van der Waals surface area (Å²) in [5.41, 5.74) is 0.485. The zero-order valence-corrected chi connectivity index (χ0v) is 9.24. The van der Waals surface area contributed by atoms with E-state index in [1.165, 1.54) is 0 Å². The smallest absolute Gasteiger partial charge is 0.214 e. The fourth-order valence-electron chi connectivity index (χ4n) is 2.79. The third-order valence-electron chi connectivity index (χ3n) is 4.18. The van der Waals surface area contributed by atoms with Crippen molar-refractivity contribution in [3.05, 3.63) is 0 Å². The molecule has 76 valence electrons. The Morgan fingerprint density at radius 1 is 1.15 bits per heavy atom. The summed E-state index contributed by atoms with van der Waals surface area (Å²) < 4.78 is 21.9. The molecule has 0 unspecified atom stereocenters. The monoisotopic (exact) mass is 203 g/mol. The van der Waals surface area contributed by atoms with Crippen molar-refractivity contribution >= 4 is 10.0 Å². The van der Waals surface area contributed by atoms with Crippen molar-refractivity contribution in [3.63, 3.8) is 0 Å². The Morgan fingerprint density at radius 2 is 1.54 bits per heavy atom. The Bertz CT molecular complexity index is 331. The minimum absolute atomic E-state index is 0.222. The van der Waals surface area contributed by atoms with Gasteiger partial charge in [0, 0.05) is 0 Å². The van der Waals surface area contributed by atoms with Crippen LogP contribution in [0.15, 0.2) is 0 Å². The van der Waals surface area contributed by atoms with Crippen molar-refractivity contribution < 1.29 is 8.42 Å². The number of rotatable bonds is 1. The minimum atomic E-state index is -3.30. The predicted octanol–water partition coefficient (Wildman–Crippen LogP) is 1.24. The van der Waals surface area contributed by atoms with Crippen molar-refractivity contribution in [2.75, 3.05) is 0 Å². The molecule has 3 fully saturated rings. The third-order valence-corrected chi connectivity index (χ3v) is 5.82. The van der Waals surface area contributed by atoms with E-state index in [-0.39, 0.29) is 10.8 Å². The van der Waals surface area contributed by atoms with Crippen LogP contribution in [0, 0.1) is 10.8 Å². The maximum atomic E-state index is 11.2. The molecule has 0 amide bonds. The van der Waals surface area contributed by atoms with E-state index in [2.05, 4.69) is 20.8 Å². The predicted molar refractivity (Wildman–Crippen MR) is 51.6 cm³/mol. The SMILES string of the molecule is CC(C)(C)C12CC(S(N)(=O)=O)(C1)C2. The topological polar surface area (TPSA) is 60.2 Å². The van der Waals surface area contributed by atoms with Gasteiger partial charge in [0.05, 0.1) is 4.75 Å². The van der Waals surface area contributed by atoms with Crippen LogP contribution in [0.5, 0.6) is 0 Å². The van der Waals surface area contributed by atoms with Gasteiger partial charge in [-0.25, -0.2) is 13.6 Å². The van der Waals surface area contributed by atoms with Gasteiger partial charge in [0.1, 0.15) is 0 Å². The molecule has 4 heteroatoms. The quantitative estimate of drug-likeness (QED) is 0.697. The molecule has 0 aromatic carbocycles. The molecule has 3 nitrogen and oxygen atoms in total. The summed E-state index contributed by atoms with van der Waals surface area (Å²) in [6.45, 7) is 6.54. The second-order valence-electron chi connectivity index (χ2n) is 5.79. The van der Waals surface area contributed by atoms with Crippen LogP contribution in [0.2, 0.25) is 0 Å². The number of nitrogens with two attached hydrogens (primary N) is 1. The fraction of sp³-hybridized carbons (Fsp3) is 1.00. The van der Waals surface area contributed by atoms with Gasteiger partial charge in [-0.15, -0.1) is 0 Å². The van der Waals surface area contributed by atoms with E-state index in [0.29, 0.717) is 0 Å². The van der Waals surface area contributed by atoms with Crippen LogP contribution < -0.4 is 5.14 Å². The lowest BCUT2D eigenvalue weighted by molar-refractivity contribution is -0.161.